The standard InChI is InChI=1S/C17H19NO4/c1-10(15-9-11-4-2-3-5-14(11)22-15)16(19)18-13-7-6-12(8-13)17(20)21/h2-5,9-10,12-13H,6-8H2,1H3,(H,18,19)(H,20,21)/t10?,12-,13+/m1/s1. The van der Waals surface area contributed by atoms with Gasteiger partial charge in [0.05, 0.1) is 11.8 Å². The highest BCUT2D eigenvalue weighted by Gasteiger charge is 2.31. The average molecular weight is 301 g/mol. The third kappa shape index (κ3) is 2.84. The first-order valence-corrected chi connectivity index (χ1v) is 7.56. The SMILES string of the molecule is CC(C(=O)N[C@H]1CC[C@@H](C(=O)O)C1)c1cc2ccccc2o1. The Hall–Kier alpha value is -2.30. The monoisotopic (exact) mass is 301 g/mol. The van der Waals surface area contributed by atoms with Gasteiger partial charge in [-0.2, -0.15) is 0 Å². The first-order valence-electron chi connectivity index (χ1n) is 7.56. The summed E-state index contributed by atoms with van der Waals surface area (Å²) in [6.07, 6.45) is 1.85. The molecule has 1 aromatic heterocycles. The van der Waals surface area contributed by atoms with Crippen LogP contribution in [0.1, 0.15) is 37.9 Å². The summed E-state index contributed by atoms with van der Waals surface area (Å²) in [5.74, 6) is -0.994. The number of para-hydroxylation sites is 1. The molecule has 3 rings (SSSR count). The number of hydrogen-bond donors (Lipinski definition) is 2. The highest BCUT2D eigenvalue weighted by atomic mass is 16.4. The Balaban J connectivity index is 1.66. The van der Waals surface area contributed by atoms with Gasteiger partial charge in [-0.1, -0.05) is 18.2 Å². The second kappa shape index (κ2) is 5.83. The summed E-state index contributed by atoms with van der Waals surface area (Å²) < 4.78 is 5.72. The highest BCUT2D eigenvalue weighted by molar-refractivity contribution is 5.85. The molecule has 3 atom stereocenters. The molecule has 2 aromatic rings. The van der Waals surface area contributed by atoms with E-state index in [9.17, 15) is 9.59 Å². The smallest absolute Gasteiger partial charge is 0.306 e. The summed E-state index contributed by atoms with van der Waals surface area (Å²) in [5, 5.41) is 12.9. The second-order valence-corrected chi connectivity index (χ2v) is 5.96. The topological polar surface area (TPSA) is 79.5 Å². The van der Waals surface area contributed by atoms with Crippen molar-refractivity contribution in [2.45, 2.75) is 38.1 Å². The summed E-state index contributed by atoms with van der Waals surface area (Å²) in [6.45, 7) is 1.80. The van der Waals surface area contributed by atoms with Crippen molar-refractivity contribution in [3.05, 3.63) is 36.1 Å². The molecule has 5 heteroatoms. The van der Waals surface area contributed by atoms with E-state index >= 15 is 0 Å². The van der Waals surface area contributed by atoms with E-state index in [2.05, 4.69) is 5.32 Å². The number of benzene rings is 1. The molecule has 2 N–H and O–H groups in total. The fourth-order valence-corrected chi connectivity index (χ4v) is 3.01. The van der Waals surface area contributed by atoms with Crippen LogP contribution < -0.4 is 5.32 Å². The highest BCUT2D eigenvalue weighted by Crippen LogP contribution is 2.28. The van der Waals surface area contributed by atoms with Crippen LogP contribution in [0.4, 0.5) is 0 Å². The minimum atomic E-state index is -0.776. The molecule has 22 heavy (non-hydrogen) atoms. The number of carboxylic acids is 1. The number of hydrogen-bond acceptors (Lipinski definition) is 3. The van der Waals surface area contributed by atoms with Crippen molar-refractivity contribution in [2.24, 2.45) is 5.92 Å². The minimum Gasteiger partial charge on any atom is -0.481 e. The van der Waals surface area contributed by atoms with Crippen LogP contribution in [0.15, 0.2) is 34.7 Å². The molecule has 1 amide bonds. The molecule has 0 spiro atoms. The second-order valence-electron chi connectivity index (χ2n) is 5.96. The Labute approximate surface area is 128 Å². The van der Waals surface area contributed by atoms with Crippen molar-refractivity contribution in [3.63, 3.8) is 0 Å². The molecule has 1 aliphatic rings. The van der Waals surface area contributed by atoms with Crippen LogP contribution in [0.5, 0.6) is 0 Å². The maximum atomic E-state index is 12.3. The third-order valence-corrected chi connectivity index (χ3v) is 4.39. The lowest BCUT2D eigenvalue weighted by Gasteiger charge is -2.15. The van der Waals surface area contributed by atoms with E-state index in [1.165, 1.54) is 0 Å². The number of aliphatic carboxylic acids is 1. The largest absolute Gasteiger partial charge is 0.481 e. The lowest BCUT2D eigenvalue weighted by atomic mass is 10.1. The number of rotatable bonds is 4. The Kier molecular flexibility index (Phi) is 3.88. The van der Waals surface area contributed by atoms with Gasteiger partial charge in [-0.25, -0.2) is 0 Å². The Morgan fingerprint density at radius 3 is 2.77 bits per heavy atom. The van der Waals surface area contributed by atoms with E-state index in [1.54, 1.807) is 6.92 Å². The quantitative estimate of drug-likeness (QED) is 0.910. The van der Waals surface area contributed by atoms with Gasteiger partial charge in [0, 0.05) is 11.4 Å². The molecule has 0 aliphatic heterocycles. The van der Waals surface area contributed by atoms with Crippen LogP contribution in [-0.4, -0.2) is 23.0 Å². The normalized spacial score (nSPS) is 22.6. The van der Waals surface area contributed by atoms with Crippen molar-refractivity contribution in [2.75, 3.05) is 0 Å². The number of fused-ring (bicyclic) bond motifs is 1. The first-order chi connectivity index (χ1) is 10.5. The molecular formula is C17H19NO4. The predicted molar refractivity (Wildman–Crippen MR) is 81.5 cm³/mol. The zero-order valence-electron chi connectivity index (χ0n) is 12.4. The Morgan fingerprint density at radius 1 is 1.32 bits per heavy atom. The molecule has 1 heterocycles. The molecule has 116 valence electrons. The van der Waals surface area contributed by atoms with E-state index in [0.717, 1.165) is 17.4 Å². The lowest BCUT2D eigenvalue weighted by Crippen LogP contribution is -2.36. The zero-order valence-corrected chi connectivity index (χ0v) is 12.4. The van der Waals surface area contributed by atoms with Crippen LogP contribution in [0.2, 0.25) is 0 Å². The molecule has 1 saturated carbocycles. The zero-order chi connectivity index (χ0) is 15.7. The van der Waals surface area contributed by atoms with E-state index < -0.39 is 11.9 Å². The van der Waals surface area contributed by atoms with Crippen molar-refractivity contribution in [1.82, 2.24) is 5.32 Å². The fraction of sp³-hybridized carbons (Fsp3) is 0.412. The van der Waals surface area contributed by atoms with Crippen LogP contribution in [0.3, 0.4) is 0 Å². The molecule has 1 aliphatic carbocycles. The van der Waals surface area contributed by atoms with Gasteiger partial charge in [0.25, 0.3) is 0 Å². The summed E-state index contributed by atoms with van der Waals surface area (Å²) in [4.78, 5) is 23.3. The summed E-state index contributed by atoms with van der Waals surface area (Å²) in [7, 11) is 0. The maximum absolute atomic E-state index is 12.3. The van der Waals surface area contributed by atoms with Crippen molar-refractivity contribution >= 4 is 22.8 Å². The van der Waals surface area contributed by atoms with Crippen molar-refractivity contribution < 1.29 is 19.1 Å². The van der Waals surface area contributed by atoms with Crippen molar-refractivity contribution in [1.29, 1.82) is 0 Å². The fourth-order valence-electron chi connectivity index (χ4n) is 3.01. The van der Waals surface area contributed by atoms with Gasteiger partial charge in [0.2, 0.25) is 5.91 Å². The van der Waals surface area contributed by atoms with Gasteiger partial charge in [0.1, 0.15) is 11.3 Å². The Morgan fingerprint density at radius 2 is 2.09 bits per heavy atom. The van der Waals surface area contributed by atoms with Crippen LogP contribution in [0, 0.1) is 5.92 Å². The maximum Gasteiger partial charge on any atom is 0.306 e. The van der Waals surface area contributed by atoms with Crippen LogP contribution >= 0.6 is 0 Å². The summed E-state index contributed by atoms with van der Waals surface area (Å²) in [6, 6.07) is 9.47. The van der Waals surface area contributed by atoms with Crippen LogP contribution in [-0.2, 0) is 9.59 Å². The number of furan rings is 1. The number of carbonyl (C=O) groups is 2. The third-order valence-electron chi connectivity index (χ3n) is 4.39. The number of carbonyl (C=O) groups excluding carboxylic acids is 1. The predicted octanol–water partition coefficient (Wildman–Crippen LogP) is 2.91. The van der Waals surface area contributed by atoms with E-state index in [1.807, 2.05) is 30.3 Å². The Bertz CT molecular complexity index is 673. The number of carboxylic acid groups (broad SMARTS) is 1. The van der Waals surface area contributed by atoms with Crippen LogP contribution in [0.25, 0.3) is 11.0 Å². The molecule has 1 fully saturated rings. The molecule has 1 aromatic carbocycles. The first kappa shape index (κ1) is 14.6. The molecular weight excluding hydrogens is 282 g/mol. The van der Waals surface area contributed by atoms with E-state index in [0.29, 0.717) is 18.6 Å². The van der Waals surface area contributed by atoms with Gasteiger partial charge in [-0.15, -0.1) is 0 Å². The van der Waals surface area contributed by atoms with Gasteiger partial charge in [-0.05, 0) is 38.3 Å². The van der Waals surface area contributed by atoms with Gasteiger partial charge in [0.15, 0.2) is 0 Å². The van der Waals surface area contributed by atoms with E-state index in [4.69, 9.17) is 9.52 Å². The van der Waals surface area contributed by atoms with Gasteiger partial charge in [-0.3, -0.25) is 9.59 Å². The molecule has 1 unspecified atom stereocenters. The molecule has 0 saturated heterocycles. The minimum absolute atomic E-state index is 0.0552. The summed E-state index contributed by atoms with van der Waals surface area (Å²) >= 11 is 0. The molecule has 0 bridgehead atoms. The number of amides is 1. The van der Waals surface area contributed by atoms with E-state index in [-0.39, 0.29) is 17.9 Å². The molecule has 5 nitrogen and oxygen atoms in total. The lowest BCUT2D eigenvalue weighted by molar-refractivity contribution is -0.141. The molecule has 0 radical (unpaired) electrons. The number of nitrogens with one attached hydrogen (secondary N) is 1. The van der Waals surface area contributed by atoms with Gasteiger partial charge < -0.3 is 14.8 Å². The summed E-state index contributed by atoms with van der Waals surface area (Å²) in [5.41, 5.74) is 0.768. The van der Waals surface area contributed by atoms with Gasteiger partial charge >= 0.3 is 5.97 Å². The van der Waals surface area contributed by atoms with Crippen molar-refractivity contribution in [3.8, 4) is 0 Å². The average Bonchev–Trinajstić information content (AvgIpc) is 3.12.